The van der Waals surface area contributed by atoms with Crippen LogP contribution in [0.4, 0.5) is 0 Å². The molecule has 1 fully saturated rings. The molecule has 1 heteroatoms. The normalized spacial score (nSPS) is 26.6. The molecule has 1 aliphatic carbocycles. The summed E-state index contributed by atoms with van der Waals surface area (Å²) in [4.78, 5) is 11.9. The number of hydrogen-bond acceptors (Lipinski definition) is 1. The number of benzene rings is 1. The first-order chi connectivity index (χ1) is 7.31. The summed E-state index contributed by atoms with van der Waals surface area (Å²) in [5.41, 5.74) is 1.21. The molecule has 1 aromatic carbocycles. The van der Waals surface area contributed by atoms with Crippen molar-refractivity contribution >= 4 is 5.78 Å². The molecule has 0 saturated heterocycles. The van der Waals surface area contributed by atoms with Crippen molar-refractivity contribution in [3.8, 4) is 0 Å². The van der Waals surface area contributed by atoms with Crippen molar-refractivity contribution in [1.82, 2.24) is 0 Å². The Bertz CT molecular complexity index is 328. The van der Waals surface area contributed by atoms with Crippen LogP contribution < -0.4 is 0 Å². The summed E-state index contributed by atoms with van der Waals surface area (Å²) in [6.07, 6.45) is 4.13. The fraction of sp³-hybridized carbons (Fsp3) is 0.500. The van der Waals surface area contributed by atoms with Gasteiger partial charge in [-0.05, 0) is 24.3 Å². The molecule has 80 valence electrons. The van der Waals surface area contributed by atoms with E-state index in [1.807, 2.05) is 18.2 Å². The van der Waals surface area contributed by atoms with Crippen LogP contribution in [-0.2, 0) is 4.79 Å². The van der Waals surface area contributed by atoms with Gasteiger partial charge in [-0.2, -0.15) is 0 Å². The maximum atomic E-state index is 11.9. The summed E-state index contributed by atoms with van der Waals surface area (Å²) < 4.78 is 0. The Balaban J connectivity index is 2.16. The molecular weight excluding hydrogens is 184 g/mol. The van der Waals surface area contributed by atoms with Crippen LogP contribution in [0, 0.1) is 5.92 Å². The monoisotopic (exact) mass is 202 g/mol. The van der Waals surface area contributed by atoms with Gasteiger partial charge in [0.2, 0.25) is 0 Å². The number of carbonyl (C=O) groups is 1. The summed E-state index contributed by atoms with van der Waals surface area (Å²) in [7, 11) is 0. The van der Waals surface area contributed by atoms with E-state index in [0.29, 0.717) is 5.78 Å². The lowest BCUT2D eigenvalue weighted by atomic mass is 9.76. The van der Waals surface area contributed by atoms with E-state index in [1.54, 1.807) is 0 Å². The van der Waals surface area contributed by atoms with Gasteiger partial charge in [0.25, 0.3) is 0 Å². The van der Waals surface area contributed by atoms with Crippen LogP contribution in [-0.4, -0.2) is 5.78 Å². The fourth-order valence-electron chi connectivity index (χ4n) is 2.48. The van der Waals surface area contributed by atoms with E-state index in [1.165, 1.54) is 12.0 Å². The van der Waals surface area contributed by atoms with E-state index >= 15 is 0 Å². The van der Waals surface area contributed by atoms with Gasteiger partial charge in [-0.15, -0.1) is 0 Å². The van der Waals surface area contributed by atoms with E-state index in [-0.39, 0.29) is 5.92 Å². The van der Waals surface area contributed by atoms with Crippen molar-refractivity contribution < 1.29 is 4.79 Å². The Morgan fingerprint density at radius 3 is 2.67 bits per heavy atom. The Kier molecular flexibility index (Phi) is 3.20. The van der Waals surface area contributed by atoms with Gasteiger partial charge in [-0.25, -0.2) is 0 Å². The zero-order valence-corrected chi connectivity index (χ0v) is 9.28. The van der Waals surface area contributed by atoms with E-state index in [9.17, 15) is 4.79 Å². The molecule has 1 aromatic rings. The molecule has 0 spiro atoms. The maximum Gasteiger partial charge on any atom is 0.140 e. The Hall–Kier alpha value is -1.11. The maximum absolute atomic E-state index is 11.9. The number of carbonyl (C=O) groups excluding carboxylic acids is 1. The van der Waals surface area contributed by atoms with Gasteiger partial charge >= 0.3 is 0 Å². The van der Waals surface area contributed by atoms with Crippen LogP contribution in [0.3, 0.4) is 0 Å². The summed E-state index contributed by atoms with van der Waals surface area (Å²) in [6.45, 7) is 2.22. The molecule has 2 atom stereocenters. The number of Topliss-reactive ketones (excluding diaryl/α,β-unsaturated/α-hetero) is 1. The van der Waals surface area contributed by atoms with Crippen molar-refractivity contribution in [2.75, 3.05) is 0 Å². The summed E-state index contributed by atoms with van der Waals surface area (Å²) >= 11 is 0. The fourth-order valence-corrected chi connectivity index (χ4v) is 2.48. The second kappa shape index (κ2) is 4.61. The molecule has 2 unspecified atom stereocenters. The van der Waals surface area contributed by atoms with Crippen LogP contribution in [0.25, 0.3) is 0 Å². The molecule has 0 amide bonds. The predicted octanol–water partition coefficient (Wildman–Crippen LogP) is 3.55. The average Bonchev–Trinajstić information content (AvgIpc) is 2.31. The molecule has 1 saturated carbocycles. The lowest BCUT2D eigenvalue weighted by Gasteiger charge is -2.27. The van der Waals surface area contributed by atoms with E-state index in [0.717, 1.165) is 25.2 Å². The smallest absolute Gasteiger partial charge is 0.140 e. The third-order valence-electron chi connectivity index (χ3n) is 3.54. The lowest BCUT2D eigenvalue weighted by Crippen LogP contribution is -2.22. The van der Waals surface area contributed by atoms with Crippen LogP contribution in [0.5, 0.6) is 0 Å². The van der Waals surface area contributed by atoms with Crippen LogP contribution >= 0.6 is 0 Å². The molecule has 2 rings (SSSR count). The minimum absolute atomic E-state index is 0.171. The van der Waals surface area contributed by atoms with Crippen LogP contribution in [0.2, 0.25) is 0 Å². The summed E-state index contributed by atoms with van der Waals surface area (Å²) in [5, 5.41) is 0. The van der Waals surface area contributed by atoms with Gasteiger partial charge in [-0.3, -0.25) is 4.79 Å². The molecule has 0 aromatic heterocycles. The standard InChI is InChI=1S/C14H18O/c1-2-11-8-9-14(15)13(10-11)12-6-4-3-5-7-12/h3-7,11,13H,2,8-10H2,1H3. The van der Waals surface area contributed by atoms with Crippen molar-refractivity contribution in [2.24, 2.45) is 5.92 Å². The zero-order chi connectivity index (χ0) is 10.7. The molecule has 0 heterocycles. The minimum Gasteiger partial charge on any atom is -0.299 e. The third-order valence-corrected chi connectivity index (χ3v) is 3.54. The predicted molar refractivity (Wildman–Crippen MR) is 61.8 cm³/mol. The highest BCUT2D eigenvalue weighted by molar-refractivity contribution is 5.86. The third kappa shape index (κ3) is 2.28. The van der Waals surface area contributed by atoms with Crippen LogP contribution in [0.1, 0.15) is 44.1 Å². The number of rotatable bonds is 2. The molecule has 0 bridgehead atoms. The van der Waals surface area contributed by atoms with E-state index in [2.05, 4.69) is 19.1 Å². The second-order valence-corrected chi connectivity index (χ2v) is 4.48. The number of hydrogen-bond donors (Lipinski definition) is 0. The lowest BCUT2D eigenvalue weighted by molar-refractivity contribution is -0.122. The number of ketones is 1. The molecular formula is C14H18O. The quantitative estimate of drug-likeness (QED) is 0.716. The Morgan fingerprint density at radius 1 is 1.27 bits per heavy atom. The molecule has 0 radical (unpaired) electrons. The van der Waals surface area contributed by atoms with Crippen molar-refractivity contribution in [3.05, 3.63) is 35.9 Å². The zero-order valence-electron chi connectivity index (χ0n) is 9.28. The molecule has 0 aliphatic heterocycles. The van der Waals surface area contributed by atoms with Crippen molar-refractivity contribution in [1.29, 1.82) is 0 Å². The van der Waals surface area contributed by atoms with E-state index < -0.39 is 0 Å². The highest BCUT2D eigenvalue weighted by atomic mass is 16.1. The highest BCUT2D eigenvalue weighted by Gasteiger charge is 2.28. The van der Waals surface area contributed by atoms with Gasteiger partial charge in [0.15, 0.2) is 0 Å². The molecule has 1 nitrogen and oxygen atoms in total. The first-order valence-electron chi connectivity index (χ1n) is 5.89. The molecule has 1 aliphatic rings. The highest BCUT2D eigenvalue weighted by Crippen LogP contribution is 2.34. The Morgan fingerprint density at radius 2 is 2.00 bits per heavy atom. The summed E-state index contributed by atoms with van der Waals surface area (Å²) in [5.74, 6) is 1.35. The largest absolute Gasteiger partial charge is 0.299 e. The second-order valence-electron chi connectivity index (χ2n) is 4.48. The minimum atomic E-state index is 0.171. The first kappa shape index (κ1) is 10.4. The Labute approximate surface area is 91.5 Å². The van der Waals surface area contributed by atoms with Gasteiger partial charge < -0.3 is 0 Å². The van der Waals surface area contributed by atoms with Crippen molar-refractivity contribution in [3.63, 3.8) is 0 Å². The van der Waals surface area contributed by atoms with Crippen LogP contribution in [0.15, 0.2) is 30.3 Å². The van der Waals surface area contributed by atoms with Gasteiger partial charge in [-0.1, -0.05) is 43.7 Å². The molecule has 15 heavy (non-hydrogen) atoms. The topological polar surface area (TPSA) is 17.1 Å². The van der Waals surface area contributed by atoms with Gasteiger partial charge in [0.1, 0.15) is 5.78 Å². The summed E-state index contributed by atoms with van der Waals surface area (Å²) in [6, 6.07) is 10.2. The first-order valence-corrected chi connectivity index (χ1v) is 5.89. The van der Waals surface area contributed by atoms with Gasteiger partial charge in [0, 0.05) is 12.3 Å². The average molecular weight is 202 g/mol. The van der Waals surface area contributed by atoms with Crippen molar-refractivity contribution in [2.45, 2.75) is 38.5 Å². The van der Waals surface area contributed by atoms with Gasteiger partial charge in [0.05, 0.1) is 0 Å². The van der Waals surface area contributed by atoms with E-state index in [4.69, 9.17) is 0 Å². The molecule has 0 N–H and O–H groups in total. The SMILES string of the molecule is CCC1CCC(=O)C(c2ccccc2)C1.